The summed E-state index contributed by atoms with van der Waals surface area (Å²) in [5.41, 5.74) is 2.05. The maximum atomic E-state index is 12.0. The topological polar surface area (TPSA) is 64.6 Å². The summed E-state index contributed by atoms with van der Waals surface area (Å²) in [6.45, 7) is 1.59. The quantitative estimate of drug-likeness (QED) is 0.809. The van der Waals surface area contributed by atoms with Gasteiger partial charge in [-0.25, -0.2) is 4.79 Å². The summed E-state index contributed by atoms with van der Waals surface area (Å²) < 4.78 is 10.7. The van der Waals surface area contributed by atoms with Crippen LogP contribution < -0.4 is 10.1 Å². The standard InChI is InChI=1S/C17H16BrNO4/c1-11-3-5-12(6-4-11)19-16(20)10-23-17(21)14-9-13(22-2)7-8-15(14)18/h3-9H,10H2,1-2H3,(H,19,20). The molecule has 5 nitrogen and oxygen atoms in total. The number of benzene rings is 2. The molecule has 0 saturated heterocycles. The third kappa shape index (κ3) is 4.82. The Balaban J connectivity index is 1.93. The molecule has 0 bridgehead atoms. The van der Waals surface area contributed by atoms with Crippen LogP contribution in [0.5, 0.6) is 5.75 Å². The van der Waals surface area contributed by atoms with Gasteiger partial charge >= 0.3 is 5.97 Å². The zero-order valence-electron chi connectivity index (χ0n) is 12.8. The highest BCUT2D eigenvalue weighted by Gasteiger charge is 2.14. The van der Waals surface area contributed by atoms with E-state index < -0.39 is 11.9 Å². The largest absolute Gasteiger partial charge is 0.497 e. The Morgan fingerprint density at radius 3 is 2.48 bits per heavy atom. The Morgan fingerprint density at radius 2 is 1.83 bits per heavy atom. The molecular weight excluding hydrogens is 362 g/mol. The van der Waals surface area contributed by atoms with Crippen molar-refractivity contribution in [2.45, 2.75) is 6.92 Å². The van der Waals surface area contributed by atoms with Crippen molar-refractivity contribution in [3.05, 3.63) is 58.1 Å². The summed E-state index contributed by atoms with van der Waals surface area (Å²) in [7, 11) is 1.51. The van der Waals surface area contributed by atoms with E-state index in [1.54, 1.807) is 30.3 Å². The number of methoxy groups -OCH3 is 1. The van der Waals surface area contributed by atoms with E-state index >= 15 is 0 Å². The number of nitrogens with one attached hydrogen (secondary N) is 1. The van der Waals surface area contributed by atoms with Gasteiger partial charge in [-0.05, 0) is 53.2 Å². The van der Waals surface area contributed by atoms with Gasteiger partial charge in [0.15, 0.2) is 6.61 Å². The van der Waals surface area contributed by atoms with Gasteiger partial charge in [0.1, 0.15) is 5.75 Å². The summed E-state index contributed by atoms with van der Waals surface area (Å²) >= 11 is 3.27. The van der Waals surface area contributed by atoms with Crippen LogP contribution in [0.15, 0.2) is 46.9 Å². The van der Waals surface area contributed by atoms with Crippen molar-refractivity contribution in [2.24, 2.45) is 0 Å². The number of hydrogen-bond donors (Lipinski definition) is 1. The molecule has 23 heavy (non-hydrogen) atoms. The smallest absolute Gasteiger partial charge is 0.339 e. The predicted molar refractivity (Wildman–Crippen MR) is 90.8 cm³/mol. The highest BCUT2D eigenvalue weighted by atomic mass is 79.9. The number of anilines is 1. The van der Waals surface area contributed by atoms with Crippen LogP contribution in [-0.2, 0) is 9.53 Å². The summed E-state index contributed by atoms with van der Waals surface area (Å²) in [5, 5.41) is 2.66. The molecule has 0 aliphatic heterocycles. The number of hydrogen-bond acceptors (Lipinski definition) is 4. The normalized spacial score (nSPS) is 10.0. The minimum atomic E-state index is -0.602. The number of esters is 1. The van der Waals surface area contributed by atoms with Crippen LogP contribution in [0.1, 0.15) is 15.9 Å². The zero-order valence-corrected chi connectivity index (χ0v) is 14.3. The molecule has 0 aliphatic carbocycles. The second-order valence-corrected chi connectivity index (χ2v) is 5.69. The van der Waals surface area contributed by atoms with E-state index in [0.717, 1.165) is 5.56 Å². The Bertz CT molecular complexity index is 713. The summed E-state index contributed by atoms with van der Waals surface area (Å²) in [4.78, 5) is 23.9. The van der Waals surface area contributed by atoms with Crippen molar-refractivity contribution in [2.75, 3.05) is 19.0 Å². The number of halogens is 1. The summed E-state index contributed by atoms with van der Waals surface area (Å²) in [6.07, 6.45) is 0. The lowest BCUT2D eigenvalue weighted by Crippen LogP contribution is -2.21. The van der Waals surface area contributed by atoms with Gasteiger partial charge in [-0.3, -0.25) is 4.79 Å². The van der Waals surface area contributed by atoms with E-state index in [0.29, 0.717) is 21.5 Å². The number of rotatable bonds is 5. The molecule has 2 rings (SSSR count). The average Bonchev–Trinajstić information content (AvgIpc) is 2.55. The van der Waals surface area contributed by atoms with Gasteiger partial charge in [-0.2, -0.15) is 0 Å². The first-order valence-electron chi connectivity index (χ1n) is 6.87. The van der Waals surface area contributed by atoms with Gasteiger partial charge in [0.25, 0.3) is 5.91 Å². The molecule has 2 aromatic carbocycles. The number of aryl methyl sites for hydroxylation is 1. The molecule has 0 atom stereocenters. The Kier molecular flexibility index (Phi) is 5.76. The van der Waals surface area contributed by atoms with Crippen molar-refractivity contribution in [1.82, 2.24) is 0 Å². The average molecular weight is 378 g/mol. The third-order valence-corrected chi connectivity index (χ3v) is 3.75. The van der Waals surface area contributed by atoms with Crippen LogP contribution in [-0.4, -0.2) is 25.6 Å². The van der Waals surface area contributed by atoms with E-state index in [2.05, 4.69) is 21.2 Å². The number of ether oxygens (including phenoxy) is 2. The van der Waals surface area contributed by atoms with Crippen molar-refractivity contribution < 1.29 is 19.1 Å². The van der Waals surface area contributed by atoms with Gasteiger partial charge < -0.3 is 14.8 Å². The van der Waals surface area contributed by atoms with Crippen LogP contribution in [0.3, 0.4) is 0 Å². The van der Waals surface area contributed by atoms with Gasteiger partial charge in [0, 0.05) is 10.2 Å². The minimum absolute atomic E-state index is 0.299. The number of carbonyl (C=O) groups is 2. The van der Waals surface area contributed by atoms with E-state index in [9.17, 15) is 9.59 Å². The van der Waals surface area contributed by atoms with Crippen LogP contribution >= 0.6 is 15.9 Å². The van der Waals surface area contributed by atoms with Gasteiger partial charge in [0.05, 0.1) is 12.7 Å². The zero-order chi connectivity index (χ0) is 16.8. The molecule has 0 heterocycles. The predicted octanol–water partition coefficient (Wildman–Crippen LogP) is 3.56. The van der Waals surface area contributed by atoms with Crippen LogP contribution in [0.4, 0.5) is 5.69 Å². The third-order valence-electron chi connectivity index (χ3n) is 3.06. The summed E-state index contributed by atoms with van der Waals surface area (Å²) in [5.74, 6) is -0.472. The molecule has 6 heteroatoms. The lowest BCUT2D eigenvalue weighted by molar-refractivity contribution is -0.119. The molecule has 0 unspecified atom stereocenters. The first-order valence-corrected chi connectivity index (χ1v) is 7.66. The van der Waals surface area contributed by atoms with E-state index in [4.69, 9.17) is 9.47 Å². The first-order chi connectivity index (χ1) is 11.0. The SMILES string of the molecule is COc1ccc(Br)c(C(=O)OCC(=O)Nc2ccc(C)cc2)c1. The number of amides is 1. The van der Waals surface area contributed by atoms with Crippen molar-refractivity contribution in [3.63, 3.8) is 0 Å². The monoisotopic (exact) mass is 377 g/mol. The molecule has 0 radical (unpaired) electrons. The van der Waals surface area contributed by atoms with E-state index in [1.807, 2.05) is 19.1 Å². The van der Waals surface area contributed by atoms with Gasteiger partial charge in [-0.1, -0.05) is 17.7 Å². The molecule has 0 spiro atoms. The van der Waals surface area contributed by atoms with E-state index in [-0.39, 0.29) is 6.61 Å². The fourth-order valence-corrected chi connectivity index (χ4v) is 2.24. The van der Waals surface area contributed by atoms with Gasteiger partial charge in [-0.15, -0.1) is 0 Å². The highest BCUT2D eigenvalue weighted by Crippen LogP contribution is 2.23. The van der Waals surface area contributed by atoms with Crippen LogP contribution in [0.25, 0.3) is 0 Å². The maximum Gasteiger partial charge on any atom is 0.339 e. The fourth-order valence-electron chi connectivity index (χ4n) is 1.83. The molecular formula is C17H16BrNO4. The molecule has 0 fully saturated rings. The Hall–Kier alpha value is -2.34. The lowest BCUT2D eigenvalue weighted by Gasteiger charge is -2.09. The number of carbonyl (C=O) groups excluding carboxylic acids is 2. The van der Waals surface area contributed by atoms with Crippen molar-refractivity contribution >= 4 is 33.5 Å². The second kappa shape index (κ2) is 7.78. The first kappa shape index (κ1) is 17.0. The van der Waals surface area contributed by atoms with Crippen molar-refractivity contribution in [3.8, 4) is 5.75 Å². The fraction of sp³-hybridized carbons (Fsp3) is 0.176. The highest BCUT2D eigenvalue weighted by molar-refractivity contribution is 9.10. The molecule has 0 aromatic heterocycles. The molecule has 1 N–H and O–H groups in total. The van der Waals surface area contributed by atoms with Gasteiger partial charge in [0.2, 0.25) is 0 Å². The molecule has 2 aromatic rings. The van der Waals surface area contributed by atoms with Crippen LogP contribution in [0.2, 0.25) is 0 Å². The molecule has 0 aliphatic rings. The molecule has 120 valence electrons. The molecule has 0 saturated carbocycles. The van der Waals surface area contributed by atoms with Crippen LogP contribution in [0, 0.1) is 6.92 Å². The van der Waals surface area contributed by atoms with Crippen molar-refractivity contribution in [1.29, 1.82) is 0 Å². The summed E-state index contributed by atoms with van der Waals surface area (Å²) in [6, 6.07) is 12.3. The molecule has 1 amide bonds. The van der Waals surface area contributed by atoms with E-state index in [1.165, 1.54) is 7.11 Å². The lowest BCUT2D eigenvalue weighted by atomic mass is 10.2. The Labute approximate surface area is 142 Å². The second-order valence-electron chi connectivity index (χ2n) is 4.84. The maximum absolute atomic E-state index is 12.0. The Morgan fingerprint density at radius 1 is 1.13 bits per heavy atom. The minimum Gasteiger partial charge on any atom is -0.497 e.